The molecule has 2 heterocycles. The highest BCUT2D eigenvalue weighted by molar-refractivity contribution is 7.78. The molecule has 6 nitrogen and oxygen atoms in total. The summed E-state index contributed by atoms with van der Waals surface area (Å²) in [6.45, 7) is 0.290. The minimum Gasteiger partial charge on any atom is -0.432 e. The van der Waals surface area contributed by atoms with Gasteiger partial charge < -0.3 is 9.73 Å². The minimum atomic E-state index is -0.360. The molecule has 5 rings (SSSR count). The van der Waals surface area contributed by atoms with Gasteiger partial charge in [0, 0.05) is 11.8 Å². The number of amides is 1. The number of thiocarbonyl (C=S) groups is 1. The van der Waals surface area contributed by atoms with E-state index >= 15 is 0 Å². The van der Waals surface area contributed by atoms with Crippen molar-refractivity contribution >= 4 is 39.9 Å². The smallest absolute Gasteiger partial charge is 0.306 e. The molecular weight excluding hydrogens is 420 g/mol. The standard InChI is InChI=1S/C25H18N4O2S/c30-24(27-21(15-26-16-32)18-7-2-1-3-8-18)23-22(28-25-29(23)12-13-31-25)20-11-10-17-6-4-5-9-19(17)14-20/h1-14,21H,15H2,(H,27,30). The van der Waals surface area contributed by atoms with Gasteiger partial charge >= 0.3 is 5.84 Å². The fourth-order valence-electron chi connectivity index (χ4n) is 3.82. The number of hydrogen-bond donors (Lipinski definition) is 1. The predicted molar refractivity (Wildman–Crippen MR) is 127 cm³/mol. The molecule has 0 bridgehead atoms. The Hall–Kier alpha value is -4.06. The molecule has 0 saturated carbocycles. The van der Waals surface area contributed by atoms with E-state index < -0.39 is 0 Å². The van der Waals surface area contributed by atoms with Crippen molar-refractivity contribution < 1.29 is 9.21 Å². The average molecular weight is 439 g/mol. The Kier molecular flexibility index (Phi) is 5.34. The van der Waals surface area contributed by atoms with Crippen LogP contribution < -0.4 is 5.32 Å². The molecule has 0 aliphatic carbocycles. The highest BCUT2D eigenvalue weighted by atomic mass is 32.1. The number of oxazole rings is 1. The minimum absolute atomic E-state index is 0.282. The molecule has 0 fully saturated rings. The second-order valence-electron chi connectivity index (χ2n) is 7.30. The van der Waals surface area contributed by atoms with Gasteiger partial charge in [0.2, 0.25) is 0 Å². The Bertz CT molecular complexity index is 1470. The van der Waals surface area contributed by atoms with Crippen molar-refractivity contribution in [2.75, 3.05) is 6.54 Å². The first-order valence-electron chi connectivity index (χ1n) is 10.1. The van der Waals surface area contributed by atoms with Crippen molar-refractivity contribution in [3.63, 3.8) is 0 Å². The highest BCUT2D eigenvalue weighted by Crippen LogP contribution is 2.28. The quantitative estimate of drug-likeness (QED) is 0.288. The first-order valence-corrected chi connectivity index (χ1v) is 10.5. The van der Waals surface area contributed by atoms with E-state index in [1.54, 1.807) is 10.6 Å². The van der Waals surface area contributed by atoms with E-state index in [1.807, 2.05) is 72.8 Å². The zero-order valence-corrected chi connectivity index (χ0v) is 17.8. The summed E-state index contributed by atoms with van der Waals surface area (Å²) in [6.07, 6.45) is 3.20. The molecule has 1 atom stereocenters. The summed E-state index contributed by atoms with van der Waals surface area (Å²) in [7, 11) is 0. The van der Waals surface area contributed by atoms with Gasteiger partial charge in [-0.05, 0) is 34.6 Å². The number of carbonyl (C=O) groups is 1. The largest absolute Gasteiger partial charge is 0.432 e. The van der Waals surface area contributed by atoms with Crippen LogP contribution in [0.5, 0.6) is 0 Å². The Morgan fingerprint density at radius 3 is 2.69 bits per heavy atom. The van der Waals surface area contributed by atoms with Crippen molar-refractivity contribution in [3.8, 4) is 11.3 Å². The third-order valence-corrected chi connectivity index (χ3v) is 5.47. The maximum atomic E-state index is 13.5. The highest BCUT2D eigenvalue weighted by Gasteiger charge is 2.25. The van der Waals surface area contributed by atoms with E-state index in [0.717, 1.165) is 21.9 Å². The number of rotatable bonds is 6. The van der Waals surface area contributed by atoms with Crippen molar-refractivity contribution in [3.05, 3.63) is 96.5 Å². The van der Waals surface area contributed by atoms with Gasteiger partial charge in [-0.2, -0.15) is 4.98 Å². The summed E-state index contributed by atoms with van der Waals surface area (Å²) in [4.78, 5) is 22.2. The second-order valence-corrected chi connectivity index (χ2v) is 7.48. The number of carbonyl (C=O) groups excluding carboxylic acids is 1. The average Bonchev–Trinajstić information content (AvgIpc) is 3.43. The molecule has 2 aromatic heterocycles. The molecule has 0 aliphatic heterocycles. The normalized spacial score (nSPS) is 11.9. The van der Waals surface area contributed by atoms with Crippen LogP contribution in [0.2, 0.25) is 0 Å². The molecule has 0 saturated heterocycles. The van der Waals surface area contributed by atoms with Gasteiger partial charge in [0.1, 0.15) is 17.7 Å². The summed E-state index contributed by atoms with van der Waals surface area (Å²) in [6, 6.07) is 23.4. The van der Waals surface area contributed by atoms with Gasteiger partial charge in [-0.1, -0.05) is 66.7 Å². The van der Waals surface area contributed by atoms with Gasteiger partial charge in [-0.15, -0.1) is 0 Å². The molecule has 7 heteroatoms. The summed E-state index contributed by atoms with van der Waals surface area (Å²) >= 11 is 4.73. The molecule has 0 spiro atoms. The summed E-state index contributed by atoms with van der Waals surface area (Å²) in [5, 5.41) is 7.64. The van der Waals surface area contributed by atoms with Gasteiger partial charge in [0.15, 0.2) is 0 Å². The van der Waals surface area contributed by atoms with Gasteiger partial charge in [-0.3, -0.25) is 9.20 Å². The molecule has 1 N–H and O–H groups in total. The number of aliphatic imine (C=N–C) groups is 1. The number of nitrogens with zero attached hydrogens (tertiary/aromatic N) is 3. The number of fused-ring (bicyclic) bond motifs is 2. The number of benzene rings is 3. The van der Waals surface area contributed by atoms with Crippen molar-refractivity contribution in [1.82, 2.24) is 14.7 Å². The first-order chi connectivity index (χ1) is 15.7. The number of aromatic nitrogens is 2. The second kappa shape index (κ2) is 8.59. The zero-order chi connectivity index (χ0) is 21.9. The summed E-state index contributed by atoms with van der Waals surface area (Å²) < 4.78 is 7.14. The summed E-state index contributed by atoms with van der Waals surface area (Å²) in [5.41, 5.74) is 2.71. The number of hydrogen-bond acceptors (Lipinski definition) is 5. The Morgan fingerprint density at radius 2 is 1.88 bits per heavy atom. The van der Waals surface area contributed by atoms with E-state index in [0.29, 0.717) is 17.2 Å². The molecule has 1 amide bonds. The monoisotopic (exact) mass is 438 g/mol. The number of nitrogens with one attached hydrogen (secondary N) is 1. The fraction of sp³-hybridized carbons (Fsp3) is 0.0800. The van der Waals surface area contributed by atoms with Crippen molar-refractivity contribution in [1.29, 1.82) is 0 Å². The van der Waals surface area contributed by atoms with Gasteiger partial charge in [0.25, 0.3) is 5.91 Å². The van der Waals surface area contributed by atoms with Crippen LogP contribution in [0.15, 0.2) is 94.7 Å². The van der Waals surface area contributed by atoms with Crippen molar-refractivity contribution in [2.45, 2.75) is 6.04 Å². The molecular formula is C25H18N4O2S. The maximum Gasteiger partial charge on any atom is 0.306 e. The fourth-order valence-corrected chi connectivity index (χ4v) is 3.89. The molecule has 5 aromatic rings. The topological polar surface area (TPSA) is 71.9 Å². The maximum absolute atomic E-state index is 13.5. The van der Waals surface area contributed by atoms with E-state index in [2.05, 4.69) is 20.5 Å². The van der Waals surface area contributed by atoms with Crippen LogP contribution in [0.25, 0.3) is 27.9 Å². The van der Waals surface area contributed by atoms with Crippen LogP contribution in [0, 0.1) is 0 Å². The van der Waals surface area contributed by atoms with E-state index in [9.17, 15) is 4.79 Å². The lowest BCUT2D eigenvalue weighted by Gasteiger charge is -2.17. The lowest BCUT2D eigenvalue weighted by Crippen LogP contribution is -2.31. The Balaban J connectivity index is 1.57. The Labute approximate surface area is 189 Å². The number of isothiocyanates is 1. The zero-order valence-electron chi connectivity index (χ0n) is 16.9. The Morgan fingerprint density at radius 1 is 1.09 bits per heavy atom. The lowest BCUT2D eigenvalue weighted by atomic mass is 10.0. The van der Waals surface area contributed by atoms with E-state index in [4.69, 9.17) is 16.6 Å². The first kappa shape index (κ1) is 19.9. The van der Waals surface area contributed by atoms with E-state index in [1.165, 1.54) is 6.26 Å². The van der Waals surface area contributed by atoms with Crippen LogP contribution in [-0.4, -0.2) is 27.0 Å². The lowest BCUT2D eigenvalue weighted by molar-refractivity contribution is 0.0932. The van der Waals surface area contributed by atoms with E-state index in [-0.39, 0.29) is 18.5 Å². The van der Waals surface area contributed by atoms with Gasteiger partial charge in [-0.25, -0.2) is 4.99 Å². The predicted octanol–water partition coefficient (Wildman–Crippen LogP) is 5.32. The molecule has 0 radical (unpaired) electrons. The molecule has 32 heavy (non-hydrogen) atoms. The van der Waals surface area contributed by atoms with Crippen LogP contribution in [0.4, 0.5) is 0 Å². The van der Waals surface area contributed by atoms with Crippen LogP contribution in [0.1, 0.15) is 22.1 Å². The van der Waals surface area contributed by atoms with Crippen molar-refractivity contribution in [2.24, 2.45) is 4.99 Å². The number of imidazole rings is 1. The molecule has 156 valence electrons. The van der Waals surface area contributed by atoms with Crippen LogP contribution in [-0.2, 0) is 0 Å². The molecule has 0 aliphatic rings. The molecule has 3 aromatic carbocycles. The SMILES string of the molecule is O=C(NC(CN=C=S)c1ccccc1)c1c(-c2ccc3ccccc3c2)nc2occn12. The third kappa shape index (κ3) is 3.71. The third-order valence-electron chi connectivity index (χ3n) is 5.35. The van der Waals surface area contributed by atoms with Crippen LogP contribution >= 0.6 is 12.2 Å². The molecule has 1 unspecified atom stereocenters. The van der Waals surface area contributed by atoms with Gasteiger partial charge in [0.05, 0.1) is 17.7 Å². The summed E-state index contributed by atoms with van der Waals surface area (Å²) in [5.74, 6) is 0.0713. The van der Waals surface area contributed by atoms with Crippen LogP contribution in [0.3, 0.4) is 0 Å².